The molecule has 0 unspecified atom stereocenters. The smallest absolute Gasteiger partial charge is 0.229 e. The van der Waals surface area contributed by atoms with Crippen LogP contribution >= 0.6 is 0 Å². The van der Waals surface area contributed by atoms with Crippen molar-refractivity contribution in [1.82, 2.24) is 29.7 Å². The van der Waals surface area contributed by atoms with Gasteiger partial charge in [-0.25, -0.2) is 19.9 Å². The number of nitrogens with zero attached hydrogens (tertiary/aromatic N) is 7. The van der Waals surface area contributed by atoms with Crippen LogP contribution in [0.5, 0.6) is 0 Å². The molecule has 36 heavy (non-hydrogen) atoms. The minimum absolute atomic E-state index is 0.220. The van der Waals surface area contributed by atoms with E-state index in [0.29, 0.717) is 23.4 Å². The molecule has 0 aromatic carbocycles. The van der Waals surface area contributed by atoms with Gasteiger partial charge in [0.15, 0.2) is 5.82 Å². The maximum atomic E-state index is 10.2. The van der Waals surface area contributed by atoms with Crippen LogP contribution in [0.4, 0.5) is 17.6 Å². The van der Waals surface area contributed by atoms with Crippen LogP contribution in [0.1, 0.15) is 37.6 Å². The first kappa shape index (κ1) is 24.8. The lowest BCUT2D eigenvalue weighted by molar-refractivity contribution is 0.108. The second-order valence-electron chi connectivity index (χ2n) is 10.0. The highest BCUT2D eigenvalue weighted by Crippen LogP contribution is 2.31. The van der Waals surface area contributed by atoms with E-state index in [9.17, 15) is 5.11 Å². The van der Waals surface area contributed by atoms with Gasteiger partial charge in [0.05, 0.1) is 18.4 Å². The Kier molecular flexibility index (Phi) is 7.56. The molecule has 0 aliphatic carbocycles. The molecule has 10 heteroatoms. The molecule has 0 amide bonds. The molecule has 2 aliphatic heterocycles. The first-order chi connectivity index (χ1) is 17.5. The van der Waals surface area contributed by atoms with E-state index in [0.717, 1.165) is 81.1 Å². The molecule has 3 aromatic rings. The first-order valence-corrected chi connectivity index (χ1v) is 12.9. The Morgan fingerprint density at radius 2 is 1.86 bits per heavy atom. The quantitative estimate of drug-likeness (QED) is 0.432. The van der Waals surface area contributed by atoms with Gasteiger partial charge in [-0.2, -0.15) is 0 Å². The zero-order valence-corrected chi connectivity index (χ0v) is 21.1. The predicted octanol–water partition coefficient (Wildman–Crippen LogP) is 2.17. The Morgan fingerprint density at radius 1 is 1.06 bits per heavy atom. The zero-order valence-electron chi connectivity index (χ0n) is 21.1. The average molecular weight is 493 g/mol. The summed E-state index contributed by atoms with van der Waals surface area (Å²) >= 11 is 0. The van der Waals surface area contributed by atoms with Gasteiger partial charge in [-0.05, 0) is 37.0 Å². The van der Waals surface area contributed by atoms with Crippen molar-refractivity contribution in [3.8, 4) is 0 Å². The van der Waals surface area contributed by atoms with Crippen LogP contribution in [0.25, 0.3) is 10.9 Å². The number of nitrogens with one attached hydrogen (secondary N) is 1. The molecule has 192 valence electrons. The van der Waals surface area contributed by atoms with Crippen LogP contribution < -0.4 is 10.2 Å². The maximum absolute atomic E-state index is 10.2. The second-order valence-corrected chi connectivity index (χ2v) is 10.0. The number of aliphatic hydroxyl groups is 2. The maximum Gasteiger partial charge on any atom is 0.229 e. The lowest BCUT2D eigenvalue weighted by Gasteiger charge is -2.34. The van der Waals surface area contributed by atoms with Crippen molar-refractivity contribution in [2.75, 3.05) is 62.6 Å². The van der Waals surface area contributed by atoms with Gasteiger partial charge < -0.3 is 20.4 Å². The van der Waals surface area contributed by atoms with Crippen LogP contribution in [0, 0.1) is 5.92 Å². The van der Waals surface area contributed by atoms with Crippen molar-refractivity contribution in [2.45, 2.75) is 32.9 Å². The summed E-state index contributed by atoms with van der Waals surface area (Å²) in [5, 5.41) is 23.4. The minimum atomic E-state index is -0.655. The molecule has 10 nitrogen and oxygen atoms in total. The SMILES string of the molecule is C[C@@H]1CCN(c2nc([C@@H](C)O)cc3cnc(Nc4ccc(CN5CCN(CCO)CC5)cn4)nc23)C1. The van der Waals surface area contributed by atoms with E-state index in [2.05, 4.69) is 43.0 Å². The van der Waals surface area contributed by atoms with Crippen LogP contribution in [0.15, 0.2) is 30.6 Å². The van der Waals surface area contributed by atoms with E-state index in [1.807, 2.05) is 18.3 Å². The van der Waals surface area contributed by atoms with Crippen molar-refractivity contribution in [3.05, 3.63) is 41.9 Å². The van der Waals surface area contributed by atoms with Crippen LogP contribution in [-0.4, -0.2) is 92.4 Å². The van der Waals surface area contributed by atoms with E-state index in [4.69, 9.17) is 15.1 Å². The number of anilines is 3. The van der Waals surface area contributed by atoms with Crippen LogP contribution in [0.3, 0.4) is 0 Å². The zero-order chi connectivity index (χ0) is 25.1. The summed E-state index contributed by atoms with van der Waals surface area (Å²) in [5.41, 5.74) is 2.58. The lowest BCUT2D eigenvalue weighted by Crippen LogP contribution is -2.46. The van der Waals surface area contributed by atoms with Gasteiger partial charge in [-0.15, -0.1) is 0 Å². The van der Waals surface area contributed by atoms with Crippen LogP contribution in [-0.2, 0) is 6.54 Å². The third kappa shape index (κ3) is 5.73. The van der Waals surface area contributed by atoms with Crippen molar-refractivity contribution in [1.29, 1.82) is 0 Å². The highest BCUT2D eigenvalue weighted by Gasteiger charge is 2.24. The van der Waals surface area contributed by atoms with Crippen LogP contribution in [0.2, 0.25) is 0 Å². The highest BCUT2D eigenvalue weighted by molar-refractivity contribution is 5.89. The van der Waals surface area contributed by atoms with Gasteiger partial charge in [0, 0.05) is 70.1 Å². The Balaban J connectivity index is 1.29. The number of pyridine rings is 2. The Hall–Kier alpha value is -2.92. The van der Waals surface area contributed by atoms with Gasteiger partial charge in [0.1, 0.15) is 11.3 Å². The molecular formula is C26H36N8O2. The monoisotopic (exact) mass is 492 g/mol. The molecule has 0 spiro atoms. The summed E-state index contributed by atoms with van der Waals surface area (Å²) in [4.78, 5) is 25.6. The molecule has 3 N–H and O–H groups in total. The van der Waals surface area contributed by atoms with Gasteiger partial charge >= 0.3 is 0 Å². The van der Waals surface area contributed by atoms with Gasteiger partial charge in [0.2, 0.25) is 5.95 Å². The number of fused-ring (bicyclic) bond motifs is 1. The normalized spacial score (nSPS) is 20.2. The second kappa shape index (κ2) is 11.0. The van der Waals surface area contributed by atoms with E-state index in [1.54, 1.807) is 13.1 Å². The van der Waals surface area contributed by atoms with Gasteiger partial charge in [-0.1, -0.05) is 13.0 Å². The Morgan fingerprint density at radius 3 is 2.53 bits per heavy atom. The molecule has 0 radical (unpaired) electrons. The molecule has 0 saturated carbocycles. The Labute approximate surface area is 212 Å². The standard InChI is InChI=1S/C26H36N8O2/c1-18-5-6-34(16-18)25-24-21(13-22(29-25)19(2)36)15-28-26(31-24)30-23-4-3-20(14-27-23)17-33-9-7-32(8-10-33)11-12-35/h3-4,13-15,18-19,35-36H,5-12,16-17H2,1-2H3,(H,27,28,30,31)/t18-,19-/m1/s1. The highest BCUT2D eigenvalue weighted by atomic mass is 16.3. The summed E-state index contributed by atoms with van der Waals surface area (Å²) < 4.78 is 0. The molecule has 2 aliphatic rings. The molecular weight excluding hydrogens is 456 g/mol. The number of β-amino-alcohol motifs (C(OH)–C–C–N with tert-alkyl or cyclic N) is 1. The average Bonchev–Trinajstić information content (AvgIpc) is 3.32. The summed E-state index contributed by atoms with van der Waals surface area (Å²) in [5.74, 6) is 2.57. The molecule has 3 aromatic heterocycles. The molecule has 0 bridgehead atoms. The Bertz CT molecular complexity index is 1160. The molecule has 2 fully saturated rings. The van der Waals surface area contributed by atoms with E-state index >= 15 is 0 Å². The van der Waals surface area contributed by atoms with Crippen molar-refractivity contribution >= 4 is 28.5 Å². The minimum Gasteiger partial charge on any atom is -0.395 e. The van der Waals surface area contributed by atoms with E-state index in [1.165, 1.54) is 0 Å². The summed E-state index contributed by atoms with van der Waals surface area (Å²) in [6, 6.07) is 5.91. The lowest BCUT2D eigenvalue weighted by atomic mass is 10.2. The topological polar surface area (TPSA) is 114 Å². The van der Waals surface area contributed by atoms with E-state index < -0.39 is 6.10 Å². The molecule has 2 saturated heterocycles. The predicted molar refractivity (Wildman–Crippen MR) is 140 cm³/mol. The number of hydrogen-bond donors (Lipinski definition) is 3. The largest absolute Gasteiger partial charge is 0.395 e. The van der Waals surface area contributed by atoms with Crippen molar-refractivity contribution in [2.24, 2.45) is 5.92 Å². The first-order valence-electron chi connectivity index (χ1n) is 12.9. The molecule has 5 heterocycles. The number of aliphatic hydroxyl groups excluding tert-OH is 2. The summed E-state index contributed by atoms with van der Waals surface area (Å²) in [7, 11) is 0. The third-order valence-corrected chi connectivity index (χ3v) is 7.07. The number of piperazine rings is 1. The van der Waals surface area contributed by atoms with Crippen molar-refractivity contribution < 1.29 is 10.2 Å². The molecule has 2 atom stereocenters. The number of hydrogen-bond acceptors (Lipinski definition) is 10. The number of rotatable bonds is 8. The van der Waals surface area contributed by atoms with Crippen molar-refractivity contribution in [3.63, 3.8) is 0 Å². The van der Waals surface area contributed by atoms with Gasteiger partial charge in [0.25, 0.3) is 0 Å². The molecule has 5 rings (SSSR count). The summed E-state index contributed by atoms with van der Waals surface area (Å²) in [6.45, 7) is 11.6. The third-order valence-electron chi connectivity index (χ3n) is 7.07. The fraction of sp³-hybridized carbons (Fsp3) is 0.538. The fourth-order valence-electron chi connectivity index (χ4n) is 4.94. The summed E-state index contributed by atoms with van der Waals surface area (Å²) in [6.07, 6.45) is 4.15. The fourth-order valence-corrected chi connectivity index (χ4v) is 4.94. The number of aromatic nitrogens is 4. The van der Waals surface area contributed by atoms with E-state index in [-0.39, 0.29) is 6.61 Å². The van der Waals surface area contributed by atoms with Gasteiger partial charge in [-0.3, -0.25) is 9.80 Å².